The molecule has 0 aliphatic carbocycles. The van der Waals surface area contributed by atoms with Gasteiger partial charge >= 0.3 is 0 Å². The summed E-state index contributed by atoms with van der Waals surface area (Å²) in [7, 11) is 0. The van der Waals surface area contributed by atoms with Crippen molar-refractivity contribution >= 4 is 11.8 Å². The zero-order valence-electron chi connectivity index (χ0n) is 14.1. The maximum absolute atomic E-state index is 12.5. The van der Waals surface area contributed by atoms with Crippen LogP contribution >= 0.6 is 0 Å². The first-order chi connectivity index (χ1) is 11.0. The van der Waals surface area contributed by atoms with E-state index < -0.39 is 0 Å². The van der Waals surface area contributed by atoms with Crippen molar-refractivity contribution in [3.05, 3.63) is 35.9 Å². The maximum Gasteiger partial charge on any atom is 0.222 e. The summed E-state index contributed by atoms with van der Waals surface area (Å²) < 4.78 is 0. The summed E-state index contributed by atoms with van der Waals surface area (Å²) in [5, 5.41) is 0. The Labute approximate surface area is 138 Å². The molecule has 4 nitrogen and oxygen atoms in total. The minimum Gasteiger partial charge on any atom is -0.343 e. The number of piperidine rings is 2. The average molecular weight is 314 g/mol. The molecule has 0 radical (unpaired) electrons. The highest BCUT2D eigenvalue weighted by Crippen LogP contribution is 2.36. The van der Waals surface area contributed by atoms with Gasteiger partial charge in [-0.25, -0.2) is 0 Å². The van der Waals surface area contributed by atoms with E-state index >= 15 is 0 Å². The number of likely N-dealkylation sites (tertiary alicyclic amines) is 2. The Bertz CT molecular complexity index is 578. The normalized spacial score (nSPS) is 26.4. The van der Waals surface area contributed by atoms with Gasteiger partial charge in [0.25, 0.3) is 0 Å². The van der Waals surface area contributed by atoms with Gasteiger partial charge in [-0.15, -0.1) is 0 Å². The predicted octanol–water partition coefficient (Wildman–Crippen LogP) is 2.58. The van der Waals surface area contributed by atoms with E-state index in [2.05, 4.69) is 36.1 Å². The van der Waals surface area contributed by atoms with E-state index in [1.165, 1.54) is 5.56 Å². The number of nitrogens with zero attached hydrogens (tertiary/aromatic N) is 2. The number of carbonyl (C=O) groups excluding carboxylic acids is 2. The molecule has 1 aromatic carbocycles. The van der Waals surface area contributed by atoms with Crippen LogP contribution < -0.4 is 0 Å². The van der Waals surface area contributed by atoms with Crippen LogP contribution in [0.3, 0.4) is 0 Å². The lowest BCUT2D eigenvalue weighted by atomic mass is 9.75. The summed E-state index contributed by atoms with van der Waals surface area (Å²) in [5.41, 5.74) is 1.35. The summed E-state index contributed by atoms with van der Waals surface area (Å²) in [6.45, 7) is 6.23. The molecule has 2 amide bonds. The van der Waals surface area contributed by atoms with Gasteiger partial charge in [0, 0.05) is 44.4 Å². The van der Waals surface area contributed by atoms with E-state index in [-0.39, 0.29) is 23.3 Å². The molecule has 1 unspecified atom stereocenters. The van der Waals surface area contributed by atoms with E-state index in [1.807, 2.05) is 11.0 Å². The van der Waals surface area contributed by atoms with Crippen molar-refractivity contribution in [3.8, 4) is 0 Å². The Kier molecular flexibility index (Phi) is 4.42. The number of amides is 2. The first-order valence-electron chi connectivity index (χ1n) is 8.60. The van der Waals surface area contributed by atoms with Crippen LogP contribution in [-0.2, 0) is 15.0 Å². The molecule has 124 valence electrons. The van der Waals surface area contributed by atoms with E-state index in [4.69, 9.17) is 0 Å². The van der Waals surface area contributed by atoms with Gasteiger partial charge in [-0.3, -0.25) is 9.59 Å². The average Bonchev–Trinajstić information content (AvgIpc) is 2.58. The smallest absolute Gasteiger partial charge is 0.222 e. The molecule has 2 aliphatic heterocycles. The Morgan fingerprint density at radius 1 is 1.17 bits per heavy atom. The Morgan fingerprint density at radius 3 is 2.43 bits per heavy atom. The minimum absolute atomic E-state index is 0.0346. The molecule has 23 heavy (non-hydrogen) atoms. The molecule has 2 fully saturated rings. The third kappa shape index (κ3) is 3.26. The minimum atomic E-state index is 0.0346. The Morgan fingerprint density at radius 2 is 1.83 bits per heavy atom. The van der Waals surface area contributed by atoms with Crippen LogP contribution in [0.5, 0.6) is 0 Å². The molecular formula is C19H26N2O2. The van der Waals surface area contributed by atoms with Gasteiger partial charge in [-0.1, -0.05) is 37.3 Å². The second-order valence-electron chi connectivity index (χ2n) is 7.19. The SMILES string of the molecule is CC(=O)N1CCC(N2CC(C)(c3ccccc3)CCC2=O)CC1. The lowest BCUT2D eigenvalue weighted by Crippen LogP contribution is -2.55. The van der Waals surface area contributed by atoms with Crippen molar-refractivity contribution in [2.75, 3.05) is 19.6 Å². The van der Waals surface area contributed by atoms with Gasteiger partial charge in [0.2, 0.25) is 11.8 Å². The van der Waals surface area contributed by atoms with Gasteiger partial charge in [0.05, 0.1) is 0 Å². The summed E-state index contributed by atoms with van der Waals surface area (Å²) in [4.78, 5) is 27.9. The third-order valence-corrected chi connectivity index (χ3v) is 5.55. The molecule has 1 aromatic rings. The van der Waals surface area contributed by atoms with Crippen molar-refractivity contribution < 1.29 is 9.59 Å². The third-order valence-electron chi connectivity index (χ3n) is 5.55. The van der Waals surface area contributed by atoms with Gasteiger partial charge in [0.1, 0.15) is 0 Å². The van der Waals surface area contributed by atoms with Gasteiger partial charge < -0.3 is 9.80 Å². The topological polar surface area (TPSA) is 40.6 Å². The maximum atomic E-state index is 12.5. The second kappa shape index (κ2) is 6.34. The number of hydrogen-bond donors (Lipinski definition) is 0. The standard InChI is InChI=1S/C19H26N2O2/c1-15(22)20-12-9-17(10-13-20)21-14-19(2,11-8-18(21)23)16-6-4-3-5-7-16/h3-7,17H,8-14H2,1-2H3. The zero-order valence-corrected chi connectivity index (χ0v) is 14.1. The molecule has 0 bridgehead atoms. The second-order valence-corrected chi connectivity index (χ2v) is 7.19. The van der Waals surface area contributed by atoms with Crippen LogP contribution in [0.4, 0.5) is 0 Å². The van der Waals surface area contributed by atoms with Crippen LogP contribution in [0.1, 0.15) is 45.1 Å². The van der Waals surface area contributed by atoms with Crippen LogP contribution in [0.15, 0.2) is 30.3 Å². The summed E-state index contributed by atoms with van der Waals surface area (Å²) in [6, 6.07) is 10.8. The van der Waals surface area contributed by atoms with Gasteiger partial charge in [-0.2, -0.15) is 0 Å². The fraction of sp³-hybridized carbons (Fsp3) is 0.579. The fourth-order valence-corrected chi connectivity index (χ4v) is 3.97. The first-order valence-corrected chi connectivity index (χ1v) is 8.60. The number of benzene rings is 1. The quantitative estimate of drug-likeness (QED) is 0.842. The zero-order chi connectivity index (χ0) is 16.4. The van der Waals surface area contributed by atoms with Crippen molar-refractivity contribution in [2.45, 2.75) is 51.0 Å². The summed E-state index contributed by atoms with van der Waals surface area (Å²) in [6.07, 6.45) is 3.34. The molecule has 1 atom stereocenters. The molecular weight excluding hydrogens is 288 g/mol. The van der Waals surface area contributed by atoms with Crippen LogP contribution in [0.2, 0.25) is 0 Å². The highest BCUT2D eigenvalue weighted by Gasteiger charge is 2.39. The molecule has 0 spiro atoms. The van der Waals surface area contributed by atoms with Gasteiger partial charge in [0.15, 0.2) is 0 Å². The van der Waals surface area contributed by atoms with Gasteiger partial charge in [-0.05, 0) is 24.8 Å². The lowest BCUT2D eigenvalue weighted by Gasteiger charge is -2.46. The molecule has 3 rings (SSSR count). The number of carbonyl (C=O) groups is 2. The van der Waals surface area contributed by atoms with E-state index in [9.17, 15) is 9.59 Å². The van der Waals surface area contributed by atoms with Crippen molar-refractivity contribution in [1.29, 1.82) is 0 Å². The Balaban J connectivity index is 1.72. The highest BCUT2D eigenvalue weighted by atomic mass is 16.2. The molecule has 2 heterocycles. The van der Waals surface area contributed by atoms with Crippen molar-refractivity contribution in [2.24, 2.45) is 0 Å². The van der Waals surface area contributed by atoms with Crippen LogP contribution in [0.25, 0.3) is 0 Å². The van der Waals surface area contributed by atoms with Crippen molar-refractivity contribution in [3.63, 3.8) is 0 Å². The summed E-state index contributed by atoms with van der Waals surface area (Å²) in [5.74, 6) is 0.419. The van der Waals surface area contributed by atoms with E-state index in [0.29, 0.717) is 6.42 Å². The van der Waals surface area contributed by atoms with Crippen LogP contribution in [0, 0.1) is 0 Å². The molecule has 0 N–H and O–H groups in total. The molecule has 4 heteroatoms. The predicted molar refractivity (Wildman–Crippen MR) is 90.0 cm³/mol. The molecule has 0 saturated carbocycles. The fourth-order valence-electron chi connectivity index (χ4n) is 3.97. The van der Waals surface area contributed by atoms with E-state index in [1.54, 1.807) is 6.92 Å². The molecule has 0 aromatic heterocycles. The summed E-state index contributed by atoms with van der Waals surface area (Å²) >= 11 is 0. The van der Waals surface area contributed by atoms with E-state index in [0.717, 1.165) is 38.9 Å². The number of hydrogen-bond acceptors (Lipinski definition) is 2. The highest BCUT2D eigenvalue weighted by molar-refractivity contribution is 5.78. The van der Waals surface area contributed by atoms with Crippen LogP contribution in [-0.4, -0.2) is 47.3 Å². The molecule has 2 saturated heterocycles. The number of rotatable bonds is 2. The monoisotopic (exact) mass is 314 g/mol. The first kappa shape index (κ1) is 16.0. The Hall–Kier alpha value is -1.84. The molecule has 2 aliphatic rings. The lowest BCUT2D eigenvalue weighted by molar-refractivity contribution is -0.140. The largest absolute Gasteiger partial charge is 0.343 e. The van der Waals surface area contributed by atoms with Crippen molar-refractivity contribution in [1.82, 2.24) is 9.80 Å².